The van der Waals surface area contributed by atoms with Crippen molar-refractivity contribution in [3.63, 3.8) is 0 Å². The van der Waals surface area contributed by atoms with Gasteiger partial charge in [-0.05, 0) is 18.2 Å². The molecule has 3 aromatic rings. The largest absolute Gasteiger partial charge is 0.493 e. The monoisotopic (exact) mass is 256 g/mol. The molecule has 0 saturated carbocycles. The van der Waals surface area contributed by atoms with Gasteiger partial charge in [-0.1, -0.05) is 18.2 Å². The molecule has 4 nitrogen and oxygen atoms in total. The second-order valence-electron chi connectivity index (χ2n) is 4.11. The molecular weight excluding hydrogens is 244 g/mol. The molecule has 0 unspecified atom stereocenters. The van der Waals surface area contributed by atoms with E-state index in [0.29, 0.717) is 22.5 Å². The Bertz CT molecular complexity index is 817. The average Bonchev–Trinajstić information content (AvgIpc) is 2.46. The molecule has 0 bridgehead atoms. The van der Waals surface area contributed by atoms with E-state index in [-0.39, 0.29) is 0 Å². The molecule has 96 valence electrons. The van der Waals surface area contributed by atoms with Crippen LogP contribution in [0.5, 0.6) is 11.5 Å². The fraction of sp³-hybridized carbons (Fsp3) is 0.133. The lowest BCUT2D eigenvalue weighted by atomic mass is 10.1. The Kier molecular flexibility index (Phi) is 2.63. The first-order chi connectivity index (χ1) is 9.26. The molecule has 2 aromatic carbocycles. The quantitative estimate of drug-likeness (QED) is 0.522. The number of hydrogen-bond donors (Lipinski definition) is 0. The van der Waals surface area contributed by atoms with E-state index in [1.807, 2.05) is 24.3 Å². The van der Waals surface area contributed by atoms with Crippen LogP contribution in [-0.4, -0.2) is 14.2 Å². The van der Waals surface area contributed by atoms with Gasteiger partial charge in [0.05, 0.1) is 14.2 Å². The highest BCUT2D eigenvalue weighted by molar-refractivity contribution is 6.07. The van der Waals surface area contributed by atoms with E-state index in [0.717, 1.165) is 10.8 Å². The third-order valence-electron chi connectivity index (χ3n) is 3.13. The summed E-state index contributed by atoms with van der Waals surface area (Å²) < 4.78 is 15.8. The highest BCUT2D eigenvalue weighted by Gasteiger charge is 2.15. The number of hydrogen-bond acceptors (Lipinski definition) is 4. The van der Waals surface area contributed by atoms with E-state index >= 15 is 0 Å². The Morgan fingerprint density at radius 3 is 2.47 bits per heavy atom. The fourth-order valence-corrected chi connectivity index (χ4v) is 2.28. The summed E-state index contributed by atoms with van der Waals surface area (Å²) >= 11 is 0. The molecule has 0 radical (unpaired) electrons. The Hall–Kier alpha value is -2.49. The van der Waals surface area contributed by atoms with Crippen molar-refractivity contribution in [1.82, 2.24) is 0 Å². The summed E-state index contributed by atoms with van der Waals surface area (Å²) in [5, 5.41) is 2.07. The van der Waals surface area contributed by atoms with Crippen LogP contribution in [0.1, 0.15) is 0 Å². The second kappa shape index (κ2) is 4.31. The molecule has 0 saturated heterocycles. The van der Waals surface area contributed by atoms with Gasteiger partial charge < -0.3 is 13.9 Å². The molecular formula is C15H12O4. The fourth-order valence-electron chi connectivity index (χ4n) is 2.28. The zero-order valence-electron chi connectivity index (χ0n) is 10.6. The van der Waals surface area contributed by atoms with Crippen molar-refractivity contribution in [1.29, 1.82) is 0 Å². The van der Waals surface area contributed by atoms with Crippen molar-refractivity contribution in [3.8, 4) is 11.5 Å². The van der Waals surface area contributed by atoms with E-state index < -0.39 is 5.63 Å². The van der Waals surface area contributed by atoms with Gasteiger partial charge >= 0.3 is 5.63 Å². The van der Waals surface area contributed by atoms with Gasteiger partial charge in [-0.3, -0.25) is 0 Å². The highest BCUT2D eigenvalue weighted by Crippen LogP contribution is 2.36. The predicted molar refractivity (Wildman–Crippen MR) is 73.1 cm³/mol. The SMILES string of the molecule is COc1ccc2c(c1OC)c(=O)oc1ccccc12. The first-order valence-electron chi connectivity index (χ1n) is 5.83. The number of methoxy groups -OCH3 is 2. The molecule has 1 heterocycles. The summed E-state index contributed by atoms with van der Waals surface area (Å²) in [6, 6.07) is 11.0. The van der Waals surface area contributed by atoms with Crippen LogP contribution < -0.4 is 15.1 Å². The summed E-state index contributed by atoms with van der Waals surface area (Å²) in [7, 11) is 3.04. The molecule has 0 aliphatic rings. The van der Waals surface area contributed by atoms with Crippen LogP contribution >= 0.6 is 0 Å². The minimum Gasteiger partial charge on any atom is -0.493 e. The molecule has 19 heavy (non-hydrogen) atoms. The van der Waals surface area contributed by atoms with E-state index in [4.69, 9.17) is 13.9 Å². The van der Waals surface area contributed by atoms with Crippen LogP contribution in [0, 0.1) is 0 Å². The van der Waals surface area contributed by atoms with Crippen molar-refractivity contribution < 1.29 is 13.9 Å². The van der Waals surface area contributed by atoms with Crippen molar-refractivity contribution in [2.24, 2.45) is 0 Å². The van der Waals surface area contributed by atoms with Crippen molar-refractivity contribution >= 4 is 21.7 Å². The summed E-state index contributed by atoms with van der Waals surface area (Å²) in [5.41, 5.74) is 0.136. The van der Waals surface area contributed by atoms with Gasteiger partial charge in [0, 0.05) is 10.8 Å². The maximum atomic E-state index is 12.1. The minimum absolute atomic E-state index is 0.402. The molecule has 0 aliphatic carbocycles. The molecule has 0 amide bonds. The van der Waals surface area contributed by atoms with E-state index in [1.165, 1.54) is 14.2 Å². The topological polar surface area (TPSA) is 48.7 Å². The van der Waals surface area contributed by atoms with E-state index in [1.54, 1.807) is 12.1 Å². The maximum absolute atomic E-state index is 12.1. The third-order valence-corrected chi connectivity index (χ3v) is 3.13. The Labute approximate surface area is 109 Å². The molecule has 1 aromatic heterocycles. The highest BCUT2D eigenvalue weighted by atomic mass is 16.5. The van der Waals surface area contributed by atoms with Crippen LogP contribution in [0.25, 0.3) is 21.7 Å². The molecule has 0 aliphatic heterocycles. The minimum atomic E-state index is -0.426. The zero-order chi connectivity index (χ0) is 13.4. The van der Waals surface area contributed by atoms with Gasteiger partial charge in [-0.2, -0.15) is 0 Å². The summed E-state index contributed by atoms with van der Waals surface area (Å²) in [6.45, 7) is 0. The molecule has 0 fully saturated rings. The van der Waals surface area contributed by atoms with Gasteiger partial charge in [-0.15, -0.1) is 0 Å². The molecule has 0 N–H and O–H groups in total. The Morgan fingerprint density at radius 2 is 1.74 bits per heavy atom. The molecule has 0 spiro atoms. The lowest BCUT2D eigenvalue weighted by molar-refractivity contribution is 0.357. The standard InChI is InChI=1S/C15H12O4/c1-17-12-8-7-10-9-5-3-4-6-11(9)19-15(16)13(10)14(12)18-2/h3-8H,1-2H3. The Morgan fingerprint density at radius 1 is 0.947 bits per heavy atom. The predicted octanol–water partition coefficient (Wildman–Crippen LogP) is 2.96. The number of rotatable bonds is 2. The maximum Gasteiger partial charge on any atom is 0.348 e. The second-order valence-corrected chi connectivity index (χ2v) is 4.11. The normalized spacial score (nSPS) is 10.8. The number of fused-ring (bicyclic) bond motifs is 3. The van der Waals surface area contributed by atoms with Crippen molar-refractivity contribution in [3.05, 3.63) is 46.8 Å². The van der Waals surface area contributed by atoms with Crippen molar-refractivity contribution in [2.45, 2.75) is 0 Å². The van der Waals surface area contributed by atoms with Gasteiger partial charge in [0.1, 0.15) is 11.0 Å². The number of para-hydroxylation sites is 1. The number of benzene rings is 2. The molecule has 0 atom stereocenters. The molecule has 4 heteroatoms. The van der Waals surface area contributed by atoms with Crippen molar-refractivity contribution in [2.75, 3.05) is 14.2 Å². The third kappa shape index (κ3) is 1.64. The van der Waals surface area contributed by atoms with Gasteiger partial charge in [0.2, 0.25) is 0 Å². The summed E-state index contributed by atoms with van der Waals surface area (Å²) in [4.78, 5) is 12.1. The van der Waals surface area contributed by atoms with E-state index in [2.05, 4.69) is 0 Å². The first kappa shape index (κ1) is 11.6. The van der Waals surface area contributed by atoms with Crippen LogP contribution in [0.15, 0.2) is 45.6 Å². The summed E-state index contributed by atoms with van der Waals surface area (Å²) in [5.74, 6) is 0.914. The average molecular weight is 256 g/mol. The molecule has 3 rings (SSSR count). The van der Waals surface area contributed by atoms with Crippen LogP contribution in [-0.2, 0) is 0 Å². The summed E-state index contributed by atoms with van der Waals surface area (Å²) in [6.07, 6.45) is 0. The lowest BCUT2D eigenvalue weighted by Gasteiger charge is -2.10. The lowest BCUT2D eigenvalue weighted by Crippen LogP contribution is -2.03. The zero-order valence-corrected chi connectivity index (χ0v) is 10.6. The van der Waals surface area contributed by atoms with Gasteiger partial charge in [-0.25, -0.2) is 4.79 Å². The smallest absolute Gasteiger partial charge is 0.348 e. The van der Waals surface area contributed by atoms with Crippen LogP contribution in [0.2, 0.25) is 0 Å². The van der Waals surface area contributed by atoms with Gasteiger partial charge in [0.25, 0.3) is 0 Å². The number of ether oxygens (including phenoxy) is 2. The first-order valence-corrected chi connectivity index (χ1v) is 5.83. The van der Waals surface area contributed by atoms with Crippen LogP contribution in [0.4, 0.5) is 0 Å². The Balaban J connectivity index is 2.58. The van der Waals surface area contributed by atoms with E-state index in [9.17, 15) is 4.79 Å². The van der Waals surface area contributed by atoms with Gasteiger partial charge in [0.15, 0.2) is 11.5 Å². The van der Waals surface area contributed by atoms with Crippen LogP contribution in [0.3, 0.4) is 0 Å².